The van der Waals surface area contributed by atoms with Crippen LogP contribution in [0.3, 0.4) is 0 Å². The predicted molar refractivity (Wildman–Crippen MR) is 83.1 cm³/mol. The van der Waals surface area contributed by atoms with Gasteiger partial charge in [-0.1, -0.05) is 30.3 Å². The highest BCUT2D eigenvalue weighted by molar-refractivity contribution is 5.74. The van der Waals surface area contributed by atoms with Crippen molar-refractivity contribution in [1.29, 1.82) is 0 Å². The Balaban J connectivity index is 1.81. The van der Waals surface area contributed by atoms with E-state index in [4.69, 9.17) is 4.74 Å². The lowest BCUT2D eigenvalue weighted by Gasteiger charge is -2.02. The van der Waals surface area contributed by atoms with Crippen molar-refractivity contribution in [3.05, 3.63) is 66.0 Å². The first-order valence-corrected chi connectivity index (χ1v) is 6.71. The number of methoxy groups -OCH3 is 1. The van der Waals surface area contributed by atoms with Gasteiger partial charge >= 0.3 is 0 Å². The fraction of sp³-hybridized carbons (Fsp3) is 0.118. The Morgan fingerprint density at radius 1 is 1.19 bits per heavy atom. The molecule has 106 valence electrons. The third-order valence-corrected chi connectivity index (χ3v) is 3.25. The van der Waals surface area contributed by atoms with Crippen molar-refractivity contribution in [3.63, 3.8) is 0 Å². The number of nitrogens with zero attached hydrogens (tertiary/aromatic N) is 1. The number of imidazole rings is 1. The Kier molecular flexibility index (Phi) is 3.71. The largest absolute Gasteiger partial charge is 0.497 e. The number of para-hydroxylation sites is 2. The molecular formula is C17H16N2O2. The van der Waals surface area contributed by atoms with Crippen LogP contribution in [0, 0.1) is 0 Å². The summed E-state index contributed by atoms with van der Waals surface area (Å²) in [5.74, 6) is 1.32. The highest BCUT2D eigenvalue weighted by Crippen LogP contribution is 2.19. The Bertz CT molecular complexity index is 744. The van der Waals surface area contributed by atoms with Gasteiger partial charge in [-0.05, 0) is 35.9 Å². The molecule has 0 radical (unpaired) electrons. The molecule has 0 aliphatic carbocycles. The third-order valence-electron chi connectivity index (χ3n) is 3.25. The normalized spacial score (nSPS) is 12.9. The summed E-state index contributed by atoms with van der Waals surface area (Å²) in [6, 6.07) is 15.3. The van der Waals surface area contributed by atoms with Crippen molar-refractivity contribution in [2.24, 2.45) is 0 Å². The lowest BCUT2D eigenvalue weighted by Crippen LogP contribution is -1.95. The van der Waals surface area contributed by atoms with Gasteiger partial charge in [-0.15, -0.1) is 0 Å². The maximum atomic E-state index is 10.2. The van der Waals surface area contributed by atoms with Gasteiger partial charge in [-0.3, -0.25) is 0 Å². The maximum Gasteiger partial charge on any atom is 0.140 e. The van der Waals surface area contributed by atoms with E-state index in [2.05, 4.69) is 9.97 Å². The topological polar surface area (TPSA) is 58.1 Å². The number of aromatic nitrogens is 2. The smallest absolute Gasteiger partial charge is 0.140 e. The summed E-state index contributed by atoms with van der Waals surface area (Å²) in [7, 11) is 1.63. The molecular weight excluding hydrogens is 264 g/mol. The van der Waals surface area contributed by atoms with E-state index in [9.17, 15) is 5.11 Å². The Labute approximate surface area is 122 Å². The Hall–Kier alpha value is -2.59. The minimum absolute atomic E-state index is 0.537. The van der Waals surface area contributed by atoms with Gasteiger partial charge in [0.05, 0.1) is 18.1 Å². The average molecular weight is 280 g/mol. The number of aliphatic hydroxyl groups is 1. The number of ether oxygens (including phenoxy) is 1. The van der Waals surface area contributed by atoms with Crippen molar-refractivity contribution >= 4 is 17.1 Å². The molecule has 1 unspecified atom stereocenters. The number of aliphatic hydroxyl groups excluding tert-OH is 1. The lowest BCUT2D eigenvalue weighted by molar-refractivity contribution is 0.220. The fourth-order valence-electron chi connectivity index (χ4n) is 2.15. The molecule has 1 atom stereocenters. The summed E-state index contributed by atoms with van der Waals surface area (Å²) in [4.78, 5) is 7.49. The highest BCUT2D eigenvalue weighted by atomic mass is 16.5. The van der Waals surface area contributed by atoms with E-state index in [0.29, 0.717) is 5.82 Å². The fourth-order valence-corrected chi connectivity index (χ4v) is 2.15. The maximum absolute atomic E-state index is 10.2. The molecule has 0 fully saturated rings. The second-order valence-electron chi connectivity index (χ2n) is 4.72. The van der Waals surface area contributed by atoms with E-state index in [0.717, 1.165) is 22.3 Å². The number of H-pyrrole nitrogens is 1. The van der Waals surface area contributed by atoms with Gasteiger partial charge in [-0.25, -0.2) is 4.98 Å². The van der Waals surface area contributed by atoms with Gasteiger partial charge < -0.3 is 14.8 Å². The Morgan fingerprint density at radius 3 is 2.86 bits per heavy atom. The van der Waals surface area contributed by atoms with Crippen LogP contribution >= 0.6 is 0 Å². The van der Waals surface area contributed by atoms with Crippen LogP contribution in [0.1, 0.15) is 17.5 Å². The van der Waals surface area contributed by atoms with Gasteiger partial charge in [0.15, 0.2) is 0 Å². The van der Waals surface area contributed by atoms with Crippen LogP contribution in [-0.4, -0.2) is 22.2 Å². The van der Waals surface area contributed by atoms with Crippen LogP contribution in [0.25, 0.3) is 17.1 Å². The van der Waals surface area contributed by atoms with Gasteiger partial charge in [0.25, 0.3) is 0 Å². The minimum Gasteiger partial charge on any atom is -0.497 e. The molecule has 1 aromatic heterocycles. The zero-order valence-corrected chi connectivity index (χ0v) is 11.7. The number of hydrogen-bond acceptors (Lipinski definition) is 3. The number of fused-ring (bicyclic) bond motifs is 1. The van der Waals surface area contributed by atoms with E-state index < -0.39 is 6.10 Å². The Morgan fingerprint density at radius 2 is 2.05 bits per heavy atom. The molecule has 4 nitrogen and oxygen atoms in total. The second-order valence-corrected chi connectivity index (χ2v) is 4.72. The molecule has 0 spiro atoms. The first-order chi connectivity index (χ1) is 10.3. The summed E-state index contributed by atoms with van der Waals surface area (Å²) in [6.07, 6.45) is 2.77. The van der Waals surface area contributed by atoms with Gasteiger partial charge in [0.2, 0.25) is 0 Å². The summed E-state index contributed by atoms with van der Waals surface area (Å²) >= 11 is 0. The molecule has 21 heavy (non-hydrogen) atoms. The van der Waals surface area contributed by atoms with E-state index >= 15 is 0 Å². The first-order valence-electron chi connectivity index (χ1n) is 6.71. The molecule has 0 aliphatic rings. The molecule has 0 saturated carbocycles. The van der Waals surface area contributed by atoms with Crippen LogP contribution in [0.5, 0.6) is 5.75 Å². The van der Waals surface area contributed by atoms with Crippen molar-refractivity contribution in [2.45, 2.75) is 6.10 Å². The van der Waals surface area contributed by atoms with E-state index in [1.54, 1.807) is 13.2 Å². The highest BCUT2D eigenvalue weighted by Gasteiger charge is 2.08. The van der Waals surface area contributed by atoms with Crippen LogP contribution in [0.2, 0.25) is 0 Å². The molecule has 2 N–H and O–H groups in total. The summed E-state index contributed by atoms with van der Waals surface area (Å²) in [6.45, 7) is 0. The average Bonchev–Trinajstić information content (AvgIpc) is 2.97. The molecule has 0 saturated heterocycles. The first kappa shape index (κ1) is 13.4. The van der Waals surface area contributed by atoms with E-state index in [-0.39, 0.29) is 0 Å². The number of benzene rings is 2. The molecule has 3 aromatic rings. The quantitative estimate of drug-likeness (QED) is 0.770. The predicted octanol–water partition coefficient (Wildman–Crippen LogP) is 3.32. The summed E-state index contributed by atoms with van der Waals surface area (Å²) in [5, 5.41) is 10.2. The number of aromatic amines is 1. The molecule has 1 heterocycles. The van der Waals surface area contributed by atoms with Crippen LogP contribution in [0.15, 0.2) is 54.6 Å². The summed E-state index contributed by atoms with van der Waals surface area (Å²) in [5.41, 5.74) is 2.73. The van der Waals surface area contributed by atoms with Crippen molar-refractivity contribution < 1.29 is 9.84 Å². The molecule has 4 heteroatoms. The van der Waals surface area contributed by atoms with Crippen molar-refractivity contribution in [1.82, 2.24) is 9.97 Å². The molecule has 0 aliphatic heterocycles. The second kappa shape index (κ2) is 5.81. The number of hydrogen-bond donors (Lipinski definition) is 2. The number of rotatable bonds is 4. The molecule has 0 amide bonds. The van der Waals surface area contributed by atoms with E-state index in [1.807, 2.05) is 54.6 Å². The lowest BCUT2D eigenvalue weighted by atomic mass is 10.2. The zero-order chi connectivity index (χ0) is 14.7. The van der Waals surface area contributed by atoms with Gasteiger partial charge in [0.1, 0.15) is 17.7 Å². The third kappa shape index (κ3) is 2.95. The van der Waals surface area contributed by atoms with Crippen molar-refractivity contribution in [2.75, 3.05) is 7.11 Å². The van der Waals surface area contributed by atoms with E-state index in [1.165, 1.54) is 0 Å². The standard InChI is InChI=1S/C17H16N2O2/c1-21-13-6-4-5-12(11-13)9-10-16(20)17-18-14-7-2-3-8-15(14)19-17/h2-11,16,20H,1H3,(H,18,19)/b10-9+. The molecule has 0 bridgehead atoms. The van der Waals surface area contributed by atoms with Gasteiger partial charge in [0, 0.05) is 0 Å². The van der Waals surface area contributed by atoms with Crippen LogP contribution in [0.4, 0.5) is 0 Å². The minimum atomic E-state index is -0.774. The number of nitrogens with one attached hydrogen (secondary N) is 1. The summed E-state index contributed by atoms with van der Waals surface area (Å²) < 4.78 is 5.17. The zero-order valence-electron chi connectivity index (χ0n) is 11.7. The van der Waals surface area contributed by atoms with Gasteiger partial charge in [-0.2, -0.15) is 0 Å². The van der Waals surface area contributed by atoms with Crippen molar-refractivity contribution in [3.8, 4) is 5.75 Å². The molecule has 3 rings (SSSR count). The van der Waals surface area contributed by atoms with Crippen LogP contribution in [-0.2, 0) is 0 Å². The van der Waals surface area contributed by atoms with Crippen LogP contribution < -0.4 is 4.74 Å². The SMILES string of the molecule is COc1cccc(/C=C/C(O)c2nc3ccccc3[nH]2)c1. The monoisotopic (exact) mass is 280 g/mol. The molecule has 2 aromatic carbocycles.